The highest BCUT2D eigenvalue weighted by Gasteiger charge is 2.15. The number of hydrogen-bond donors (Lipinski definition) is 1. The Bertz CT molecular complexity index is 594. The van der Waals surface area contributed by atoms with Gasteiger partial charge in [0.2, 0.25) is 0 Å². The van der Waals surface area contributed by atoms with E-state index in [-0.39, 0.29) is 5.91 Å². The van der Waals surface area contributed by atoms with E-state index >= 15 is 0 Å². The van der Waals surface area contributed by atoms with Crippen LogP contribution in [0.1, 0.15) is 41.4 Å². The first-order valence-electron chi connectivity index (χ1n) is 6.80. The van der Waals surface area contributed by atoms with Crippen molar-refractivity contribution in [3.63, 3.8) is 0 Å². The number of aromatic nitrogens is 5. The lowest BCUT2D eigenvalue weighted by molar-refractivity contribution is 0.0944. The van der Waals surface area contributed by atoms with Gasteiger partial charge in [-0.05, 0) is 12.8 Å². The van der Waals surface area contributed by atoms with Crippen LogP contribution in [0.15, 0.2) is 18.6 Å². The van der Waals surface area contributed by atoms with Crippen molar-refractivity contribution < 1.29 is 4.79 Å². The highest BCUT2D eigenvalue weighted by molar-refractivity contribution is 5.91. The maximum absolute atomic E-state index is 11.9. The molecule has 0 spiro atoms. The molecule has 3 heterocycles. The number of nitrogens with one attached hydrogen (secondary N) is 1. The Balaban J connectivity index is 1.67. The molecule has 2 aromatic heterocycles. The Morgan fingerprint density at radius 1 is 1.25 bits per heavy atom. The van der Waals surface area contributed by atoms with Crippen LogP contribution >= 0.6 is 0 Å². The van der Waals surface area contributed by atoms with Crippen molar-refractivity contribution in [1.29, 1.82) is 0 Å². The smallest absolute Gasteiger partial charge is 0.271 e. The Morgan fingerprint density at radius 2 is 2.20 bits per heavy atom. The first-order chi connectivity index (χ1) is 9.84. The summed E-state index contributed by atoms with van der Waals surface area (Å²) in [5.74, 6) is 1.58. The normalized spacial score (nSPS) is 14.4. The molecule has 0 aliphatic carbocycles. The summed E-state index contributed by atoms with van der Waals surface area (Å²) in [5.41, 5.74) is 0.308. The quantitative estimate of drug-likeness (QED) is 0.890. The van der Waals surface area contributed by atoms with E-state index in [1.165, 1.54) is 25.0 Å². The molecule has 0 saturated carbocycles. The van der Waals surface area contributed by atoms with Crippen LogP contribution in [-0.2, 0) is 19.5 Å². The number of nitrogens with zero attached hydrogens (tertiary/aromatic N) is 5. The van der Waals surface area contributed by atoms with Crippen LogP contribution in [-0.4, -0.2) is 30.6 Å². The molecule has 20 heavy (non-hydrogen) atoms. The van der Waals surface area contributed by atoms with E-state index in [2.05, 4.69) is 30.0 Å². The molecule has 0 bridgehead atoms. The molecular formula is C13H16N6O. The lowest BCUT2D eigenvalue weighted by Crippen LogP contribution is -2.25. The number of carbonyl (C=O) groups is 1. The fourth-order valence-corrected chi connectivity index (χ4v) is 2.34. The van der Waals surface area contributed by atoms with Crippen molar-refractivity contribution in [3.05, 3.63) is 35.9 Å². The first kappa shape index (κ1) is 12.7. The van der Waals surface area contributed by atoms with Crippen LogP contribution in [0.25, 0.3) is 0 Å². The average Bonchev–Trinajstić information content (AvgIpc) is 2.72. The van der Waals surface area contributed by atoms with Crippen LogP contribution in [0, 0.1) is 0 Å². The summed E-state index contributed by atoms with van der Waals surface area (Å²) in [6.07, 6.45) is 8.95. The minimum absolute atomic E-state index is 0.246. The lowest BCUT2D eigenvalue weighted by atomic mass is 10.2. The Labute approximate surface area is 116 Å². The maximum atomic E-state index is 11.9. The number of aryl methyl sites for hydroxylation is 1. The third-order valence-corrected chi connectivity index (χ3v) is 3.39. The molecule has 3 rings (SSSR count). The van der Waals surface area contributed by atoms with Gasteiger partial charge in [0.1, 0.15) is 11.5 Å². The topological polar surface area (TPSA) is 85.6 Å². The van der Waals surface area contributed by atoms with Gasteiger partial charge in [0, 0.05) is 25.4 Å². The molecule has 7 nitrogen and oxygen atoms in total. The molecule has 1 N–H and O–H groups in total. The van der Waals surface area contributed by atoms with Crippen LogP contribution in [0.5, 0.6) is 0 Å². The molecule has 104 valence electrons. The van der Waals surface area contributed by atoms with Gasteiger partial charge in [0.25, 0.3) is 5.91 Å². The van der Waals surface area contributed by atoms with Gasteiger partial charge in [-0.1, -0.05) is 6.42 Å². The zero-order valence-corrected chi connectivity index (χ0v) is 11.1. The monoisotopic (exact) mass is 272 g/mol. The molecule has 0 aromatic carbocycles. The largest absolute Gasteiger partial charge is 0.343 e. The summed E-state index contributed by atoms with van der Waals surface area (Å²) in [6, 6.07) is 0. The molecule has 1 aliphatic rings. The number of rotatable bonds is 3. The zero-order chi connectivity index (χ0) is 13.8. The number of carbonyl (C=O) groups excluding carboxylic acids is 1. The third kappa shape index (κ3) is 2.66. The van der Waals surface area contributed by atoms with E-state index in [0.29, 0.717) is 12.2 Å². The van der Waals surface area contributed by atoms with E-state index in [0.717, 1.165) is 37.5 Å². The van der Waals surface area contributed by atoms with Crippen molar-refractivity contribution in [2.75, 3.05) is 0 Å². The van der Waals surface area contributed by atoms with E-state index in [1.54, 1.807) is 0 Å². The minimum Gasteiger partial charge on any atom is -0.343 e. The fourth-order valence-electron chi connectivity index (χ4n) is 2.34. The summed E-state index contributed by atoms with van der Waals surface area (Å²) < 4.78 is 2.12. The summed E-state index contributed by atoms with van der Waals surface area (Å²) in [7, 11) is 0. The SMILES string of the molecule is O=C(NCc1nnc2n1CCCCC2)c1cnccn1. The second-order valence-electron chi connectivity index (χ2n) is 4.77. The molecule has 1 aliphatic heterocycles. The van der Waals surface area contributed by atoms with Crippen molar-refractivity contribution in [3.8, 4) is 0 Å². The molecular weight excluding hydrogens is 256 g/mol. The average molecular weight is 272 g/mol. The third-order valence-electron chi connectivity index (χ3n) is 3.39. The van der Waals surface area contributed by atoms with Crippen LogP contribution in [0.3, 0.4) is 0 Å². The summed E-state index contributed by atoms with van der Waals surface area (Å²) in [6.45, 7) is 1.29. The Kier molecular flexibility index (Phi) is 3.67. The van der Waals surface area contributed by atoms with Crippen molar-refractivity contribution in [2.24, 2.45) is 0 Å². The minimum atomic E-state index is -0.246. The van der Waals surface area contributed by atoms with Crippen LogP contribution in [0.2, 0.25) is 0 Å². The van der Waals surface area contributed by atoms with Gasteiger partial charge < -0.3 is 9.88 Å². The second-order valence-corrected chi connectivity index (χ2v) is 4.77. The highest BCUT2D eigenvalue weighted by Crippen LogP contribution is 2.14. The summed E-state index contributed by atoms with van der Waals surface area (Å²) in [4.78, 5) is 19.7. The maximum Gasteiger partial charge on any atom is 0.271 e. The predicted molar refractivity (Wildman–Crippen MR) is 70.8 cm³/mol. The number of fused-ring (bicyclic) bond motifs is 1. The van der Waals surface area contributed by atoms with Gasteiger partial charge in [0.05, 0.1) is 12.7 Å². The van der Waals surface area contributed by atoms with Crippen LogP contribution in [0.4, 0.5) is 0 Å². The molecule has 0 radical (unpaired) electrons. The predicted octanol–water partition coefficient (Wildman–Crippen LogP) is 0.724. The van der Waals surface area contributed by atoms with E-state index in [9.17, 15) is 4.79 Å². The van der Waals surface area contributed by atoms with Crippen molar-refractivity contribution >= 4 is 5.91 Å². The van der Waals surface area contributed by atoms with Gasteiger partial charge in [-0.25, -0.2) is 4.98 Å². The van der Waals surface area contributed by atoms with Crippen molar-refractivity contribution in [1.82, 2.24) is 30.0 Å². The molecule has 0 saturated heterocycles. The summed E-state index contributed by atoms with van der Waals surface area (Å²) >= 11 is 0. The lowest BCUT2D eigenvalue weighted by Gasteiger charge is -2.07. The molecule has 2 aromatic rings. The van der Waals surface area contributed by atoms with Gasteiger partial charge >= 0.3 is 0 Å². The van der Waals surface area contributed by atoms with E-state index in [1.807, 2.05) is 0 Å². The number of hydrogen-bond acceptors (Lipinski definition) is 5. The van der Waals surface area contributed by atoms with Gasteiger partial charge in [-0.3, -0.25) is 9.78 Å². The fraction of sp³-hybridized carbons (Fsp3) is 0.462. The second kappa shape index (κ2) is 5.77. The molecule has 0 fully saturated rings. The van der Waals surface area contributed by atoms with Crippen LogP contribution < -0.4 is 5.32 Å². The standard InChI is InChI=1S/C13H16N6O/c20-13(10-8-14-5-6-15-10)16-9-12-18-17-11-4-2-1-3-7-19(11)12/h5-6,8H,1-4,7,9H2,(H,16,20). The van der Waals surface area contributed by atoms with Gasteiger partial charge in [-0.2, -0.15) is 0 Å². The Hall–Kier alpha value is -2.31. The number of amides is 1. The van der Waals surface area contributed by atoms with Gasteiger partial charge in [-0.15, -0.1) is 10.2 Å². The molecule has 7 heteroatoms. The first-order valence-corrected chi connectivity index (χ1v) is 6.80. The Morgan fingerprint density at radius 3 is 3.05 bits per heavy atom. The summed E-state index contributed by atoms with van der Waals surface area (Å²) in [5, 5.41) is 11.2. The molecule has 0 atom stereocenters. The van der Waals surface area contributed by atoms with E-state index in [4.69, 9.17) is 0 Å². The molecule has 1 amide bonds. The highest BCUT2D eigenvalue weighted by atomic mass is 16.1. The van der Waals surface area contributed by atoms with E-state index < -0.39 is 0 Å². The van der Waals surface area contributed by atoms with Gasteiger partial charge in [0.15, 0.2) is 5.82 Å². The van der Waals surface area contributed by atoms with Crippen molar-refractivity contribution in [2.45, 2.75) is 38.8 Å². The zero-order valence-electron chi connectivity index (χ0n) is 11.1. The molecule has 0 unspecified atom stereocenters.